The largest absolute Gasteiger partial charge is 0.467 e. The molecule has 2 aromatic rings. The number of allylic oxidation sites excluding steroid dienone is 1. The van der Waals surface area contributed by atoms with Gasteiger partial charge in [0.05, 0.1) is 7.11 Å². The molecule has 0 radical (unpaired) electrons. The molecule has 2 rings (SSSR count). The Hall–Kier alpha value is -3.88. The van der Waals surface area contributed by atoms with Crippen LogP contribution in [0.25, 0.3) is 6.08 Å². The van der Waals surface area contributed by atoms with Crippen LogP contribution in [-0.4, -0.2) is 54.5 Å². The van der Waals surface area contributed by atoms with Gasteiger partial charge in [0.15, 0.2) is 0 Å². The Bertz CT molecular complexity index is 1150. The first-order chi connectivity index (χ1) is 19.2. The lowest BCUT2D eigenvalue weighted by atomic mass is 10.0. The molecule has 0 aliphatic rings. The minimum Gasteiger partial charge on any atom is -0.467 e. The highest BCUT2D eigenvalue weighted by molar-refractivity contribution is 5.86. The second-order valence-corrected chi connectivity index (χ2v) is 11.1. The molecule has 1 N–H and O–H groups in total. The van der Waals surface area contributed by atoms with Gasteiger partial charge in [-0.3, -0.25) is 4.90 Å². The molecule has 0 aliphatic carbocycles. The van der Waals surface area contributed by atoms with E-state index in [4.69, 9.17) is 14.2 Å². The first-order valence-corrected chi connectivity index (χ1v) is 13.9. The van der Waals surface area contributed by atoms with Crippen LogP contribution in [0.2, 0.25) is 0 Å². The highest BCUT2D eigenvalue weighted by atomic mass is 16.6. The first-order valence-electron chi connectivity index (χ1n) is 13.9. The zero-order valence-corrected chi connectivity index (χ0v) is 26.2. The summed E-state index contributed by atoms with van der Waals surface area (Å²) >= 11 is 0. The zero-order chi connectivity index (χ0) is 31.2. The van der Waals surface area contributed by atoms with E-state index >= 15 is 0 Å². The number of aryl methyl sites for hydroxylation is 1. The number of anilines is 1. The Morgan fingerprint density at radius 1 is 0.951 bits per heavy atom. The molecular weight excluding hydrogens is 522 g/mol. The van der Waals surface area contributed by atoms with E-state index in [9.17, 15) is 14.4 Å². The summed E-state index contributed by atoms with van der Waals surface area (Å²) in [5.74, 6) is -0.00691. The average molecular weight is 570 g/mol. The summed E-state index contributed by atoms with van der Waals surface area (Å²) in [7, 11) is 2.93. The number of nitrogens with zero attached hydrogens (tertiary/aromatic N) is 2. The van der Waals surface area contributed by atoms with E-state index in [1.54, 1.807) is 33.9 Å². The number of nitrogens with one attached hydrogen (secondary N) is 1. The number of methoxy groups -OCH3 is 1. The third-order valence-corrected chi connectivity index (χ3v) is 5.28. The van der Waals surface area contributed by atoms with Crippen molar-refractivity contribution in [2.45, 2.75) is 91.9 Å². The second kappa shape index (κ2) is 16.4. The summed E-state index contributed by atoms with van der Waals surface area (Å²) in [5.41, 5.74) is 1.49. The standard InChI is InChI=1S/C30H41N3O6.C2H6/c1-29(2,3)38-27(35)32-24(26(34)37-8)20-22-18-16-21(17-19-22)12-9-10-13-23-14-11-15-25(31-23)33(7)28(36)39-30(4,5)6;1-2/h9,11-12,14-19,24H,10,13,20H2,1-8H3,(H,32,35);1-2H3/b12-9+;/t24-;/m0./s1. The van der Waals surface area contributed by atoms with E-state index in [-0.39, 0.29) is 6.42 Å². The lowest BCUT2D eigenvalue weighted by molar-refractivity contribution is -0.143. The predicted octanol–water partition coefficient (Wildman–Crippen LogP) is 6.73. The van der Waals surface area contributed by atoms with Gasteiger partial charge in [0, 0.05) is 19.2 Å². The third kappa shape index (κ3) is 13.8. The van der Waals surface area contributed by atoms with E-state index in [0.29, 0.717) is 12.2 Å². The van der Waals surface area contributed by atoms with Gasteiger partial charge in [0.2, 0.25) is 0 Å². The number of esters is 1. The van der Waals surface area contributed by atoms with Crippen molar-refractivity contribution in [3.05, 3.63) is 65.4 Å². The number of ether oxygens (including phenoxy) is 3. The molecule has 1 aromatic heterocycles. The number of benzene rings is 1. The molecule has 2 amide bonds. The summed E-state index contributed by atoms with van der Waals surface area (Å²) in [6, 6.07) is 12.4. The van der Waals surface area contributed by atoms with E-state index < -0.39 is 35.4 Å². The number of rotatable bonds is 9. The number of alkyl carbamates (subject to hydrolysis) is 1. The molecule has 0 unspecified atom stereocenters. The van der Waals surface area contributed by atoms with Crippen LogP contribution >= 0.6 is 0 Å². The molecule has 226 valence electrons. The van der Waals surface area contributed by atoms with Crippen molar-refractivity contribution in [1.29, 1.82) is 0 Å². The highest BCUT2D eigenvalue weighted by Crippen LogP contribution is 2.16. The van der Waals surface area contributed by atoms with Gasteiger partial charge >= 0.3 is 18.2 Å². The normalized spacial score (nSPS) is 12.0. The molecule has 0 aliphatic heterocycles. The van der Waals surface area contributed by atoms with Crippen LogP contribution < -0.4 is 10.2 Å². The smallest absolute Gasteiger partial charge is 0.415 e. The molecule has 0 fully saturated rings. The number of hydrogen-bond donors (Lipinski definition) is 1. The number of pyridine rings is 1. The molecule has 1 heterocycles. The molecule has 9 nitrogen and oxygen atoms in total. The zero-order valence-electron chi connectivity index (χ0n) is 26.2. The summed E-state index contributed by atoms with van der Waals surface area (Å²) < 4.78 is 15.5. The molecule has 1 atom stereocenters. The molecule has 41 heavy (non-hydrogen) atoms. The van der Waals surface area contributed by atoms with Crippen molar-refractivity contribution in [2.24, 2.45) is 0 Å². The minimum atomic E-state index is -0.858. The van der Waals surface area contributed by atoms with Crippen molar-refractivity contribution < 1.29 is 28.6 Å². The highest BCUT2D eigenvalue weighted by Gasteiger charge is 2.25. The molecule has 0 bridgehead atoms. The summed E-state index contributed by atoms with van der Waals surface area (Å²) in [6.07, 6.45) is 4.69. The maximum absolute atomic E-state index is 12.3. The number of amides is 2. The average Bonchev–Trinajstić information content (AvgIpc) is 2.90. The Labute approximate surface area is 245 Å². The molecule has 1 aromatic carbocycles. The van der Waals surface area contributed by atoms with Crippen molar-refractivity contribution in [3.8, 4) is 0 Å². The molecular formula is C32H47N3O6. The van der Waals surface area contributed by atoms with Crippen LogP contribution in [0.4, 0.5) is 15.4 Å². The minimum absolute atomic E-state index is 0.273. The number of hydrogen-bond acceptors (Lipinski definition) is 7. The topological polar surface area (TPSA) is 107 Å². The monoisotopic (exact) mass is 569 g/mol. The van der Waals surface area contributed by atoms with Gasteiger partial charge in [0.25, 0.3) is 0 Å². The van der Waals surface area contributed by atoms with Crippen molar-refractivity contribution in [2.75, 3.05) is 19.1 Å². The van der Waals surface area contributed by atoms with Gasteiger partial charge in [-0.2, -0.15) is 0 Å². The molecule has 0 saturated carbocycles. The SMILES string of the molecule is CC.COC(=O)[C@H](Cc1ccc(/C=C/CCc2cccc(N(C)C(=O)OC(C)(C)C)n2)cc1)NC(=O)OC(C)(C)C. The van der Waals surface area contributed by atoms with E-state index in [1.165, 1.54) is 12.0 Å². The number of carbonyl (C=O) groups excluding carboxylic acids is 3. The third-order valence-electron chi connectivity index (χ3n) is 5.28. The van der Waals surface area contributed by atoms with Crippen molar-refractivity contribution in [1.82, 2.24) is 10.3 Å². The van der Waals surface area contributed by atoms with Gasteiger partial charge < -0.3 is 19.5 Å². The van der Waals surface area contributed by atoms with Crippen LogP contribution in [-0.2, 0) is 31.8 Å². The molecule has 0 saturated heterocycles. The van der Waals surface area contributed by atoms with Gasteiger partial charge in [-0.15, -0.1) is 0 Å². The maximum Gasteiger partial charge on any atom is 0.415 e. The van der Waals surface area contributed by atoms with Crippen LogP contribution in [0, 0.1) is 0 Å². The van der Waals surface area contributed by atoms with Gasteiger partial charge in [-0.25, -0.2) is 19.4 Å². The fourth-order valence-electron chi connectivity index (χ4n) is 3.45. The number of aromatic nitrogens is 1. The predicted molar refractivity (Wildman–Crippen MR) is 163 cm³/mol. The fourth-order valence-corrected chi connectivity index (χ4v) is 3.45. The lowest BCUT2D eigenvalue weighted by Crippen LogP contribution is -2.45. The van der Waals surface area contributed by atoms with Crippen LogP contribution in [0.5, 0.6) is 0 Å². The molecule has 9 heteroatoms. The summed E-state index contributed by atoms with van der Waals surface area (Å²) in [5, 5.41) is 2.59. The Morgan fingerprint density at radius 2 is 1.56 bits per heavy atom. The molecule has 0 spiro atoms. The van der Waals surface area contributed by atoms with E-state index in [1.807, 2.05) is 77.1 Å². The van der Waals surface area contributed by atoms with Crippen LogP contribution in [0.3, 0.4) is 0 Å². The van der Waals surface area contributed by atoms with Gasteiger partial charge in [0.1, 0.15) is 23.1 Å². The second-order valence-electron chi connectivity index (χ2n) is 11.1. The van der Waals surface area contributed by atoms with Gasteiger partial charge in [-0.1, -0.05) is 56.3 Å². The number of carbonyl (C=O) groups is 3. The Balaban J connectivity index is 0.00000411. The lowest BCUT2D eigenvalue weighted by Gasteiger charge is -2.24. The Morgan fingerprint density at radius 3 is 2.12 bits per heavy atom. The van der Waals surface area contributed by atoms with Crippen LogP contribution in [0.1, 0.15) is 78.6 Å². The van der Waals surface area contributed by atoms with E-state index in [2.05, 4.69) is 16.4 Å². The van der Waals surface area contributed by atoms with Crippen LogP contribution in [0.15, 0.2) is 48.5 Å². The Kier molecular flexibility index (Phi) is 14.1. The summed E-state index contributed by atoms with van der Waals surface area (Å²) in [4.78, 5) is 42.6. The van der Waals surface area contributed by atoms with E-state index in [0.717, 1.165) is 23.2 Å². The van der Waals surface area contributed by atoms with Gasteiger partial charge in [-0.05, 0) is 77.6 Å². The van der Waals surface area contributed by atoms with Crippen molar-refractivity contribution in [3.63, 3.8) is 0 Å². The quantitative estimate of drug-likeness (QED) is 0.263. The van der Waals surface area contributed by atoms with Crippen molar-refractivity contribution >= 4 is 30.0 Å². The maximum atomic E-state index is 12.3. The summed E-state index contributed by atoms with van der Waals surface area (Å²) in [6.45, 7) is 14.7. The fraction of sp³-hybridized carbons (Fsp3) is 0.500. The first kappa shape index (κ1) is 35.1.